The lowest BCUT2D eigenvalue weighted by Gasteiger charge is -2.19. The maximum atomic E-state index is 12.8. The molecule has 5 rings (SSSR count). The van der Waals surface area contributed by atoms with E-state index in [0.717, 1.165) is 35.3 Å². The molecule has 4 aromatic rings. The average molecular weight is 496 g/mol. The van der Waals surface area contributed by atoms with Crippen LogP contribution in [-0.4, -0.2) is 26.5 Å². The van der Waals surface area contributed by atoms with Gasteiger partial charge in [0.25, 0.3) is 5.91 Å². The highest BCUT2D eigenvalue weighted by molar-refractivity contribution is 5.95. The fraction of sp³-hybridized carbons (Fsp3) is 0.323. The van der Waals surface area contributed by atoms with Crippen LogP contribution in [0.4, 0.5) is 0 Å². The van der Waals surface area contributed by atoms with Crippen molar-refractivity contribution < 1.29 is 14.7 Å². The van der Waals surface area contributed by atoms with Crippen molar-refractivity contribution in [1.29, 1.82) is 0 Å². The van der Waals surface area contributed by atoms with Crippen LogP contribution in [0.5, 0.6) is 0 Å². The zero-order chi connectivity index (χ0) is 26.2. The Morgan fingerprint density at radius 1 is 0.946 bits per heavy atom. The van der Waals surface area contributed by atoms with E-state index in [1.165, 1.54) is 18.4 Å². The fourth-order valence-electron chi connectivity index (χ4n) is 5.15. The van der Waals surface area contributed by atoms with Gasteiger partial charge in [0.2, 0.25) is 0 Å². The summed E-state index contributed by atoms with van der Waals surface area (Å²) in [5, 5.41) is 12.4. The van der Waals surface area contributed by atoms with Crippen LogP contribution in [0.15, 0.2) is 66.7 Å². The number of carbonyl (C=O) groups excluding carboxylic acids is 1. The third-order valence-electron chi connectivity index (χ3n) is 7.30. The lowest BCUT2D eigenvalue weighted by molar-refractivity contribution is 0.0696. The molecule has 1 aliphatic carbocycles. The SMILES string of the molecule is CC(C)(C)c1ccc(CNC(=O)c2ccc(-c3nc4cc(C(=O)O)ccc4n3C3CCCC3)cc2)cc1. The van der Waals surface area contributed by atoms with Crippen molar-refractivity contribution in [2.45, 2.75) is 64.5 Å². The molecule has 6 nitrogen and oxygen atoms in total. The van der Waals surface area contributed by atoms with Crippen LogP contribution in [0, 0.1) is 0 Å². The van der Waals surface area contributed by atoms with Crippen LogP contribution in [0.25, 0.3) is 22.4 Å². The van der Waals surface area contributed by atoms with Gasteiger partial charge in [0.1, 0.15) is 5.82 Å². The monoisotopic (exact) mass is 495 g/mol. The van der Waals surface area contributed by atoms with Crippen LogP contribution >= 0.6 is 0 Å². The lowest BCUT2D eigenvalue weighted by atomic mass is 9.87. The van der Waals surface area contributed by atoms with Crippen LogP contribution in [0.3, 0.4) is 0 Å². The van der Waals surface area contributed by atoms with Crippen molar-refractivity contribution in [3.05, 3.63) is 89.0 Å². The number of carboxylic acids is 1. The molecule has 1 saturated carbocycles. The van der Waals surface area contributed by atoms with Gasteiger partial charge in [-0.25, -0.2) is 9.78 Å². The number of hydrogen-bond donors (Lipinski definition) is 2. The van der Waals surface area contributed by atoms with E-state index >= 15 is 0 Å². The number of carboxylic acid groups (broad SMARTS) is 1. The third-order valence-corrected chi connectivity index (χ3v) is 7.30. The summed E-state index contributed by atoms with van der Waals surface area (Å²) in [7, 11) is 0. The first-order valence-corrected chi connectivity index (χ1v) is 12.9. The molecule has 6 heteroatoms. The third kappa shape index (κ3) is 5.15. The van der Waals surface area contributed by atoms with Gasteiger partial charge < -0.3 is 15.0 Å². The summed E-state index contributed by atoms with van der Waals surface area (Å²) in [4.78, 5) is 29.2. The molecule has 1 aliphatic rings. The zero-order valence-electron chi connectivity index (χ0n) is 21.6. The molecule has 1 heterocycles. The Morgan fingerprint density at radius 2 is 1.59 bits per heavy atom. The molecule has 1 amide bonds. The second-order valence-electron chi connectivity index (χ2n) is 11.0. The number of aromatic nitrogens is 2. The Morgan fingerprint density at radius 3 is 2.22 bits per heavy atom. The van der Waals surface area contributed by atoms with Crippen molar-refractivity contribution in [3.8, 4) is 11.4 Å². The van der Waals surface area contributed by atoms with E-state index in [1.807, 2.05) is 30.3 Å². The van der Waals surface area contributed by atoms with Gasteiger partial charge in [-0.15, -0.1) is 0 Å². The molecule has 0 radical (unpaired) electrons. The standard InChI is InChI=1S/C31H33N3O3/c1-31(2,3)24-15-8-20(9-16-24)19-32-29(35)22-12-10-21(11-13-22)28-33-26-18-23(30(36)37)14-17-27(26)34(28)25-6-4-5-7-25/h8-18,25H,4-7,19H2,1-3H3,(H,32,35)(H,36,37). The van der Waals surface area contributed by atoms with E-state index in [1.54, 1.807) is 12.1 Å². The first-order chi connectivity index (χ1) is 17.7. The van der Waals surface area contributed by atoms with E-state index in [0.29, 0.717) is 23.7 Å². The highest BCUT2D eigenvalue weighted by atomic mass is 16.4. The molecule has 2 N–H and O–H groups in total. The molecule has 37 heavy (non-hydrogen) atoms. The van der Waals surface area contributed by atoms with Gasteiger partial charge in [-0.3, -0.25) is 4.79 Å². The first-order valence-electron chi connectivity index (χ1n) is 12.9. The summed E-state index contributed by atoms with van der Waals surface area (Å²) >= 11 is 0. The molecule has 0 bridgehead atoms. The van der Waals surface area contributed by atoms with Crippen LogP contribution < -0.4 is 5.32 Å². The van der Waals surface area contributed by atoms with Crippen molar-refractivity contribution in [3.63, 3.8) is 0 Å². The van der Waals surface area contributed by atoms with Gasteiger partial charge in [-0.1, -0.05) is 70.0 Å². The zero-order valence-corrected chi connectivity index (χ0v) is 21.6. The minimum Gasteiger partial charge on any atom is -0.478 e. The molecule has 0 unspecified atom stereocenters. The summed E-state index contributed by atoms with van der Waals surface area (Å²) in [5.74, 6) is -0.267. The van der Waals surface area contributed by atoms with Crippen molar-refractivity contribution >= 4 is 22.9 Å². The molecule has 1 aromatic heterocycles. The Kier molecular flexibility index (Phi) is 6.59. The molecule has 1 fully saturated rings. The average Bonchev–Trinajstić information content (AvgIpc) is 3.54. The number of benzene rings is 3. The molecule has 3 aromatic carbocycles. The Bertz CT molecular complexity index is 1440. The molecular weight excluding hydrogens is 462 g/mol. The maximum absolute atomic E-state index is 12.8. The summed E-state index contributed by atoms with van der Waals surface area (Å²) in [6.07, 6.45) is 4.51. The van der Waals surface area contributed by atoms with Gasteiger partial charge in [-0.2, -0.15) is 0 Å². The molecule has 0 spiro atoms. The number of rotatable bonds is 6. The second-order valence-corrected chi connectivity index (χ2v) is 11.0. The normalized spacial score (nSPS) is 14.2. The highest BCUT2D eigenvalue weighted by Crippen LogP contribution is 2.37. The fourth-order valence-corrected chi connectivity index (χ4v) is 5.15. The van der Waals surface area contributed by atoms with Gasteiger partial charge in [0.05, 0.1) is 16.6 Å². The quantitative estimate of drug-likeness (QED) is 0.310. The predicted octanol–water partition coefficient (Wildman–Crippen LogP) is 6.74. The van der Waals surface area contributed by atoms with E-state index < -0.39 is 5.97 Å². The molecule has 0 saturated heterocycles. The summed E-state index contributed by atoms with van der Waals surface area (Å²) in [6, 6.07) is 21.4. The number of nitrogens with zero attached hydrogens (tertiary/aromatic N) is 2. The molecular formula is C31H33N3O3. The van der Waals surface area contributed by atoms with E-state index in [2.05, 4.69) is 54.9 Å². The van der Waals surface area contributed by atoms with Crippen LogP contribution in [-0.2, 0) is 12.0 Å². The number of amides is 1. The first kappa shape index (κ1) is 24.8. The predicted molar refractivity (Wildman–Crippen MR) is 146 cm³/mol. The van der Waals surface area contributed by atoms with Crippen molar-refractivity contribution in [1.82, 2.24) is 14.9 Å². The Labute approximate surface area is 217 Å². The molecule has 0 atom stereocenters. The Balaban J connectivity index is 1.36. The van der Waals surface area contributed by atoms with Gasteiger partial charge >= 0.3 is 5.97 Å². The smallest absolute Gasteiger partial charge is 0.335 e. The van der Waals surface area contributed by atoms with Crippen molar-refractivity contribution in [2.24, 2.45) is 0 Å². The molecule has 190 valence electrons. The topological polar surface area (TPSA) is 84.2 Å². The van der Waals surface area contributed by atoms with Crippen molar-refractivity contribution in [2.75, 3.05) is 0 Å². The van der Waals surface area contributed by atoms with Crippen LogP contribution in [0.1, 0.15) is 84.3 Å². The largest absolute Gasteiger partial charge is 0.478 e. The highest BCUT2D eigenvalue weighted by Gasteiger charge is 2.24. The van der Waals surface area contributed by atoms with E-state index in [4.69, 9.17) is 4.98 Å². The summed E-state index contributed by atoms with van der Waals surface area (Å²) in [6.45, 7) is 7.02. The summed E-state index contributed by atoms with van der Waals surface area (Å²) in [5.41, 5.74) is 5.79. The van der Waals surface area contributed by atoms with E-state index in [-0.39, 0.29) is 16.9 Å². The minimum absolute atomic E-state index is 0.0976. The summed E-state index contributed by atoms with van der Waals surface area (Å²) < 4.78 is 2.25. The minimum atomic E-state index is -0.959. The van der Waals surface area contributed by atoms with Gasteiger partial charge in [0, 0.05) is 23.7 Å². The van der Waals surface area contributed by atoms with Crippen LogP contribution in [0.2, 0.25) is 0 Å². The lowest BCUT2D eigenvalue weighted by Crippen LogP contribution is -2.22. The number of aromatic carboxylic acids is 1. The number of hydrogen-bond acceptors (Lipinski definition) is 3. The molecule has 0 aliphatic heterocycles. The number of imidazole rings is 1. The maximum Gasteiger partial charge on any atom is 0.335 e. The van der Waals surface area contributed by atoms with Gasteiger partial charge in [0.15, 0.2) is 0 Å². The Hall–Kier alpha value is -3.93. The number of nitrogens with one attached hydrogen (secondary N) is 1. The second kappa shape index (κ2) is 9.85. The number of carbonyl (C=O) groups is 2. The number of fused-ring (bicyclic) bond motifs is 1. The van der Waals surface area contributed by atoms with E-state index in [9.17, 15) is 14.7 Å². The van der Waals surface area contributed by atoms with Gasteiger partial charge in [-0.05, 0) is 59.7 Å².